The van der Waals surface area contributed by atoms with E-state index in [0.717, 1.165) is 111 Å². The van der Waals surface area contributed by atoms with Crippen LogP contribution in [0.4, 0.5) is 32.9 Å². The normalized spacial score (nSPS) is 34.9. The van der Waals surface area contributed by atoms with Crippen molar-refractivity contribution in [1.82, 2.24) is 9.97 Å². The van der Waals surface area contributed by atoms with Crippen molar-refractivity contribution in [1.29, 1.82) is 0 Å². The molecule has 4 amide bonds. The van der Waals surface area contributed by atoms with E-state index in [-0.39, 0.29) is 59.3 Å². The first kappa shape index (κ1) is 61.4. The van der Waals surface area contributed by atoms with Gasteiger partial charge in [0.15, 0.2) is 0 Å². The average molecular weight is 1140 g/mol. The van der Waals surface area contributed by atoms with Gasteiger partial charge < -0.3 is 20.1 Å². The molecule has 6 fully saturated rings. The van der Waals surface area contributed by atoms with Gasteiger partial charge in [0.1, 0.15) is 35.5 Å². The first-order valence-corrected chi connectivity index (χ1v) is 33.5. The second-order valence-corrected chi connectivity index (χ2v) is 30.1. The van der Waals surface area contributed by atoms with Gasteiger partial charge in [-0.25, -0.2) is 19.6 Å². The standard InChI is InChI=1S/C71H106N6O6/c1-44(2)16-11-18-46(5)54-30-32-56-52-28-26-48-42-50(34-38-68(48,7)58(52)36-40-70(54,56)9)82-66(80)76-62-22-13-20-60(72-62)74-64(78)24-15-25-65(79)75-61-21-14-23-63(73-61)77-67(81)83-51-35-39-69(8)49(43-51)27-29-53-57-33-31-55(47(6)19-12-17-45(3)4)71(57,10)41-37-59(53)69/h13-14,20-23,26-27,44-47,50-59H,11-12,15-19,24-25,28-43H2,1-10H3,(H2,72,74,76,78,80)(H2,73,75,77,79,81)/t46-,47-,50+,51+,52+,53+,54-,55-,56+,57+,58+,59+,68+,69+,70-,71-/m1/s1. The van der Waals surface area contributed by atoms with E-state index in [2.05, 4.69) is 113 Å². The first-order valence-electron chi connectivity index (χ1n) is 33.5. The minimum absolute atomic E-state index is 0.0862. The summed E-state index contributed by atoms with van der Waals surface area (Å²) >= 11 is 0. The molecule has 0 saturated heterocycles. The lowest BCUT2D eigenvalue weighted by Gasteiger charge is -2.58. The Balaban J connectivity index is 0.625. The van der Waals surface area contributed by atoms with E-state index in [0.29, 0.717) is 40.7 Å². The van der Waals surface area contributed by atoms with E-state index < -0.39 is 12.2 Å². The highest BCUT2D eigenvalue weighted by atomic mass is 16.6. The molecule has 0 spiro atoms. The summed E-state index contributed by atoms with van der Waals surface area (Å²) in [7, 11) is 0. The zero-order valence-electron chi connectivity index (χ0n) is 52.7. The van der Waals surface area contributed by atoms with Crippen molar-refractivity contribution in [3.8, 4) is 0 Å². The van der Waals surface area contributed by atoms with Gasteiger partial charge in [0, 0.05) is 25.7 Å². The molecule has 8 aliphatic rings. The predicted octanol–water partition coefficient (Wildman–Crippen LogP) is 18.1. The van der Waals surface area contributed by atoms with Gasteiger partial charge in [-0.15, -0.1) is 0 Å². The Morgan fingerprint density at radius 3 is 1.29 bits per heavy atom. The van der Waals surface area contributed by atoms with E-state index in [4.69, 9.17) is 9.47 Å². The fourth-order valence-corrected chi connectivity index (χ4v) is 20.0. The Kier molecular flexibility index (Phi) is 19.0. The molecule has 16 atom stereocenters. The maximum absolute atomic E-state index is 13.3. The molecule has 0 unspecified atom stereocenters. The van der Waals surface area contributed by atoms with Crippen LogP contribution in [-0.2, 0) is 19.1 Å². The lowest BCUT2D eigenvalue weighted by atomic mass is 9.47. The number of carbonyl (C=O) groups excluding carboxylic acids is 4. The molecule has 8 aliphatic carbocycles. The van der Waals surface area contributed by atoms with E-state index in [1.165, 1.54) is 101 Å². The molecule has 2 heterocycles. The quantitative estimate of drug-likeness (QED) is 0.0953. The van der Waals surface area contributed by atoms with Crippen LogP contribution in [0.25, 0.3) is 0 Å². The number of hydrogen-bond donors (Lipinski definition) is 4. The molecule has 12 nitrogen and oxygen atoms in total. The maximum Gasteiger partial charge on any atom is 0.413 e. The number of hydrogen-bond acceptors (Lipinski definition) is 8. The van der Waals surface area contributed by atoms with Crippen LogP contribution >= 0.6 is 0 Å². The van der Waals surface area contributed by atoms with E-state index in [9.17, 15) is 19.2 Å². The number of nitrogens with zero attached hydrogens (tertiary/aromatic N) is 2. The first-order chi connectivity index (χ1) is 39.6. The van der Waals surface area contributed by atoms with Crippen LogP contribution in [0.15, 0.2) is 59.7 Å². The van der Waals surface area contributed by atoms with Crippen molar-refractivity contribution in [3.05, 3.63) is 59.7 Å². The molecule has 0 aromatic carbocycles. The number of rotatable bonds is 20. The summed E-state index contributed by atoms with van der Waals surface area (Å²) in [4.78, 5) is 61.6. The number of amides is 4. The van der Waals surface area contributed by atoms with Crippen LogP contribution in [0.2, 0.25) is 0 Å². The summed E-state index contributed by atoms with van der Waals surface area (Å²) in [5.74, 6) is 9.98. The van der Waals surface area contributed by atoms with E-state index >= 15 is 0 Å². The molecule has 10 rings (SSSR count). The van der Waals surface area contributed by atoms with E-state index in [1.54, 1.807) is 36.4 Å². The smallest absolute Gasteiger partial charge is 0.413 e. The largest absolute Gasteiger partial charge is 0.446 e. The summed E-state index contributed by atoms with van der Waals surface area (Å²) in [5.41, 5.74) is 4.22. The summed E-state index contributed by atoms with van der Waals surface area (Å²) in [6.07, 6.45) is 30.7. The number of pyridine rings is 2. The Morgan fingerprint density at radius 2 is 0.892 bits per heavy atom. The number of ether oxygens (including phenoxy) is 2. The minimum Gasteiger partial charge on any atom is -0.446 e. The second-order valence-electron chi connectivity index (χ2n) is 30.1. The molecular formula is C71H106N6O6. The molecule has 4 N–H and O–H groups in total. The van der Waals surface area contributed by atoms with E-state index in [1.807, 2.05) is 0 Å². The van der Waals surface area contributed by atoms with Gasteiger partial charge in [-0.3, -0.25) is 20.2 Å². The molecule has 2 aromatic heterocycles. The number of nitrogens with one attached hydrogen (secondary N) is 4. The monoisotopic (exact) mass is 1140 g/mol. The average Bonchev–Trinajstić information content (AvgIpc) is 4.17. The van der Waals surface area contributed by atoms with Crippen LogP contribution in [-0.4, -0.2) is 46.2 Å². The van der Waals surface area contributed by atoms with Crippen molar-refractivity contribution in [2.75, 3.05) is 21.3 Å². The van der Waals surface area contributed by atoms with Crippen LogP contribution in [0.5, 0.6) is 0 Å². The topological polar surface area (TPSA) is 161 Å². The Hall–Kier alpha value is -4.74. The third-order valence-corrected chi connectivity index (χ3v) is 24.4. The number of anilines is 4. The Bertz CT molecular complexity index is 2520. The predicted molar refractivity (Wildman–Crippen MR) is 333 cm³/mol. The van der Waals surface area contributed by atoms with Crippen molar-refractivity contribution in [2.24, 2.45) is 92.7 Å². The molecule has 83 heavy (non-hydrogen) atoms. The lowest BCUT2D eigenvalue weighted by molar-refractivity contribution is -0.117. The third kappa shape index (κ3) is 13.3. The fourth-order valence-electron chi connectivity index (χ4n) is 20.0. The van der Waals surface area contributed by atoms with Crippen molar-refractivity contribution in [3.63, 3.8) is 0 Å². The number of fused-ring (bicyclic) bond motifs is 10. The number of aromatic nitrogens is 2. The van der Waals surface area contributed by atoms with Gasteiger partial charge in [0.05, 0.1) is 0 Å². The Labute approximate surface area is 499 Å². The molecular weight excluding hydrogens is 1030 g/mol. The van der Waals surface area contributed by atoms with Gasteiger partial charge in [0.2, 0.25) is 11.8 Å². The number of carbonyl (C=O) groups is 4. The van der Waals surface area contributed by atoms with Crippen LogP contribution in [0.1, 0.15) is 230 Å². The zero-order valence-corrected chi connectivity index (χ0v) is 52.7. The summed E-state index contributed by atoms with van der Waals surface area (Å²) in [6, 6.07) is 10.1. The van der Waals surface area contributed by atoms with Crippen molar-refractivity contribution >= 4 is 47.3 Å². The van der Waals surface area contributed by atoms with Crippen LogP contribution < -0.4 is 21.3 Å². The second kappa shape index (κ2) is 25.7. The molecule has 12 heteroatoms. The summed E-state index contributed by atoms with van der Waals surface area (Å²) in [5, 5.41) is 11.2. The van der Waals surface area contributed by atoms with Crippen LogP contribution in [0, 0.1) is 92.7 Å². The number of allylic oxidation sites excluding steroid dienone is 2. The highest BCUT2D eigenvalue weighted by Gasteiger charge is 2.61. The van der Waals surface area contributed by atoms with Gasteiger partial charge in [-0.1, -0.05) is 143 Å². The van der Waals surface area contributed by atoms with Gasteiger partial charge in [-0.2, -0.15) is 0 Å². The summed E-state index contributed by atoms with van der Waals surface area (Å²) in [6.45, 7) is 24.8. The third-order valence-electron chi connectivity index (χ3n) is 24.4. The lowest BCUT2D eigenvalue weighted by Crippen LogP contribution is -2.51. The molecule has 6 saturated carbocycles. The molecule has 0 aliphatic heterocycles. The molecule has 0 radical (unpaired) electrons. The molecule has 0 bridgehead atoms. The van der Waals surface area contributed by atoms with Gasteiger partial charge >= 0.3 is 12.2 Å². The molecule has 456 valence electrons. The highest BCUT2D eigenvalue weighted by Crippen LogP contribution is 2.69. The fraction of sp³-hybridized carbons (Fsp3) is 0.746. The van der Waals surface area contributed by atoms with Crippen molar-refractivity contribution in [2.45, 2.75) is 242 Å². The van der Waals surface area contributed by atoms with Gasteiger partial charge in [0.25, 0.3) is 0 Å². The highest BCUT2D eigenvalue weighted by molar-refractivity contribution is 5.93. The van der Waals surface area contributed by atoms with Gasteiger partial charge in [-0.05, 0) is 213 Å². The van der Waals surface area contributed by atoms with Crippen LogP contribution in [0.3, 0.4) is 0 Å². The zero-order chi connectivity index (χ0) is 58.8. The minimum atomic E-state index is -0.541. The summed E-state index contributed by atoms with van der Waals surface area (Å²) < 4.78 is 12.1. The SMILES string of the molecule is CC(C)CCC[C@@H](C)[C@H]1CC[C@H]2[C@@H]3CC=C4C[C@@H](OC(=O)Nc5cccc(NC(=O)CCCC(=O)Nc6cccc(NC(=O)O[C@H]7CC[C@@]8(C)C(=CC[C@H]9[C@@H]%10CC[C@H]([C@H](C)CCCC(C)C)[C@@]%10(C)CC[C@@H]98)C7)n6)n5)CC[C@]4(C)[C@H]3CC[C@]12C. The maximum atomic E-state index is 13.3. The Morgan fingerprint density at radius 1 is 0.494 bits per heavy atom. The van der Waals surface area contributed by atoms with Crippen molar-refractivity contribution < 1.29 is 28.7 Å². The molecule has 2 aromatic rings.